The van der Waals surface area contributed by atoms with Crippen LogP contribution in [0.2, 0.25) is 0 Å². The summed E-state index contributed by atoms with van der Waals surface area (Å²) < 4.78 is 0. The van der Waals surface area contributed by atoms with Crippen LogP contribution >= 0.6 is 0 Å². The molecular weight excluding hydrogens is 292 g/mol. The topological polar surface area (TPSA) is 73.4 Å². The number of pyridine rings is 1. The zero-order chi connectivity index (χ0) is 16.4. The van der Waals surface area contributed by atoms with E-state index in [-0.39, 0.29) is 23.5 Å². The van der Waals surface area contributed by atoms with E-state index < -0.39 is 0 Å². The van der Waals surface area contributed by atoms with Crippen molar-refractivity contribution < 1.29 is 9.90 Å². The predicted molar refractivity (Wildman–Crippen MR) is 89.5 cm³/mol. The van der Waals surface area contributed by atoms with E-state index >= 15 is 0 Å². The molecule has 3 rings (SSSR count). The van der Waals surface area contributed by atoms with E-state index in [0.717, 1.165) is 24.6 Å². The van der Waals surface area contributed by atoms with Crippen LogP contribution in [0.25, 0.3) is 10.9 Å². The number of aromatic amines is 1. The maximum Gasteiger partial charge on any atom is 0.254 e. The number of rotatable bonds is 3. The minimum atomic E-state index is -0.262. The van der Waals surface area contributed by atoms with Gasteiger partial charge in [0.2, 0.25) is 5.56 Å². The zero-order valence-electron chi connectivity index (χ0n) is 13.3. The third-order valence-electron chi connectivity index (χ3n) is 5.18. The fraction of sp³-hybridized carbons (Fsp3) is 0.444. The summed E-state index contributed by atoms with van der Waals surface area (Å²) in [6.45, 7) is 3.49. The lowest BCUT2D eigenvalue weighted by molar-refractivity contribution is 0.0339. The predicted octanol–water partition coefficient (Wildman–Crippen LogP) is 2.15. The van der Waals surface area contributed by atoms with Gasteiger partial charge in [-0.2, -0.15) is 0 Å². The number of likely N-dealkylation sites (tertiary alicyclic amines) is 1. The lowest BCUT2D eigenvalue weighted by Crippen LogP contribution is -2.44. The van der Waals surface area contributed by atoms with Crippen molar-refractivity contribution in [2.24, 2.45) is 5.41 Å². The number of para-hydroxylation sites is 1. The minimum absolute atomic E-state index is 0.0625. The van der Waals surface area contributed by atoms with Gasteiger partial charge in [-0.3, -0.25) is 9.59 Å². The highest BCUT2D eigenvalue weighted by atomic mass is 16.3. The number of nitrogens with one attached hydrogen (secondary N) is 1. The molecule has 2 aromatic rings. The Bertz CT molecular complexity index is 767. The highest BCUT2D eigenvalue weighted by Gasteiger charge is 2.34. The Labute approximate surface area is 134 Å². The molecule has 1 fully saturated rings. The van der Waals surface area contributed by atoms with E-state index in [1.54, 1.807) is 11.0 Å². The average Bonchev–Trinajstić information content (AvgIpc) is 2.60. The molecule has 0 radical (unpaired) electrons. The van der Waals surface area contributed by atoms with E-state index in [1.165, 1.54) is 6.07 Å². The van der Waals surface area contributed by atoms with E-state index in [4.69, 9.17) is 0 Å². The quantitative estimate of drug-likeness (QED) is 0.911. The normalized spacial score (nSPS) is 17.4. The maximum absolute atomic E-state index is 12.9. The molecule has 23 heavy (non-hydrogen) atoms. The molecule has 5 heteroatoms. The number of nitrogens with zero attached hydrogens (tertiary/aromatic N) is 1. The van der Waals surface area contributed by atoms with Crippen LogP contribution in [-0.4, -0.2) is 40.6 Å². The molecule has 0 unspecified atom stereocenters. The fourth-order valence-corrected chi connectivity index (χ4v) is 3.36. The standard InChI is InChI=1S/C18H22N2O3/c1-2-18(12-21)7-9-20(10-8-18)17(23)14-11-16(22)19-15-6-4-3-5-13(14)15/h3-6,11,21H,2,7-10,12H2,1H3,(H,19,22). The zero-order valence-corrected chi connectivity index (χ0v) is 13.3. The van der Waals surface area contributed by atoms with Gasteiger partial charge in [-0.05, 0) is 30.7 Å². The van der Waals surface area contributed by atoms with Crippen molar-refractivity contribution in [3.8, 4) is 0 Å². The Morgan fingerprint density at radius 3 is 2.65 bits per heavy atom. The Morgan fingerprint density at radius 2 is 2.00 bits per heavy atom. The number of carbonyl (C=O) groups is 1. The number of aliphatic hydroxyl groups excluding tert-OH is 1. The minimum Gasteiger partial charge on any atom is -0.396 e. The molecule has 1 aromatic carbocycles. The third kappa shape index (κ3) is 2.88. The first kappa shape index (κ1) is 15.7. The molecule has 1 amide bonds. The first-order valence-electron chi connectivity index (χ1n) is 8.11. The summed E-state index contributed by atoms with van der Waals surface area (Å²) in [7, 11) is 0. The molecule has 1 aliphatic heterocycles. The molecule has 1 saturated heterocycles. The molecular formula is C18H22N2O3. The number of hydrogen-bond donors (Lipinski definition) is 2. The van der Waals surface area contributed by atoms with Crippen molar-refractivity contribution in [2.45, 2.75) is 26.2 Å². The molecule has 1 aliphatic rings. The first-order valence-corrected chi connectivity index (χ1v) is 8.11. The summed E-state index contributed by atoms with van der Waals surface area (Å²) in [5.74, 6) is -0.102. The summed E-state index contributed by atoms with van der Waals surface area (Å²) in [5.41, 5.74) is 0.811. The van der Waals surface area contributed by atoms with Crippen LogP contribution in [0.5, 0.6) is 0 Å². The molecule has 122 valence electrons. The van der Waals surface area contributed by atoms with Crippen molar-refractivity contribution in [1.29, 1.82) is 0 Å². The van der Waals surface area contributed by atoms with Crippen LogP contribution in [-0.2, 0) is 0 Å². The van der Waals surface area contributed by atoms with Gasteiger partial charge >= 0.3 is 0 Å². The van der Waals surface area contributed by atoms with E-state index in [0.29, 0.717) is 24.2 Å². The summed E-state index contributed by atoms with van der Waals surface area (Å²) in [6, 6.07) is 8.74. The molecule has 0 aliphatic carbocycles. The molecule has 1 aromatic heterocycles. The van der Waals surface area contributed by atoms with Crippen LogP contribution in [0.15, 0.2) is 35.1 Å². The lowest BCUT2D eigenvalue weighted by Gasteiger charge is -2.40. The fourth-order valence-electron chi connectivity index (χ4n) is 3.36. The van der Waals surface area contributed by atoms with Crippen molar-refractivity contribution in [1.82, 2.24) is 9.88 Å². The number of amides is 1. The summed E-state index contributed by atoms with van der Waals surface area (Å²) in [6.07, 6.45) is 2.51. The molecule has 0 saturated carbocycles. The van der Waals surface area contributed by atoms with Gasteiger partial charge in [0.05, 0.1) is 5.56 Å². The number of carbonyl (C=O) groups excluding carboxylic acids is 1. The number of hydrogen-bond acceptors (Lipinski definition) is 3. The second-order valence-corrected chi connectivity index (χ2v) is 6.40. The van der Waals surface area contributed by atoms with Crippen molar-refractivity contribution >= 4 is 16.8 Å². The van der Waals surface area contributed by atoms with Crippen molar-refractivity contribution in [2.75, 3.05) is 19.7 Å². The van der Waals surface area contributed by atoms with Gasteiger partial charge in [0.15, 0.2) is 0 Å². The van der Waals surface area contributed by atoms with E-state index in [9.17, 15) is 14.7 Å². The third-order valence-corrected chi connectivity index (χ3v) is 5.18. The summed E-state index contributed by atoms with van der Waals surface area (Å²) in [5, 5.41) is 10.4. The van der Waals surface area contributed by atoms with Crippen LogP contribution in [0.3, 0.4) is 0 Å². The Hall–Kier alpha value is -2.14. The van der Waals surface area contributed by atoms with Gasteiger partial charge < -0.3 is 15.0 Å². The first-order chi connectivity index (χ1) is 11.1. The second-order valence-electron chi connectivity index (χ2n) is 6.40. The monoisotopic (exact) mass is 314 g/mol. The van der Waals surface area contributed by atoms with Gasteiger partial charge in [0.1, 0.15) is 0 Å². The number of aromatic nitrogens is 1. The summed E-state index contributed by atoms with van der Waals surface area (Å²) >= 11 is 0. The highest BCUT2D eigenvalue weighted by molar-refractivity contribution is 6.05. The number of piperidine rings is 1. The molecule has 5 nitrogen and oxygen atoms in total. The van der Waals surface area contributed by atoms with E-state index in [1.807, 2.05) is 18.2 Å². The van der Waals surface area contributed by atoms with E-state index in [2.05, 4.69) is 11.9 Å². The molecule has 2 heterocycles. The van der Waals surface area contributed by atoms with Crippen LogP contribution in [0.1, 0.15) is 36.5 Å². The maximum atomic E-state index is 12.9. The smallest absolute Gasteiger partial charge is 0.254 e. The largest absolute Gasteiger partial charge is 0.396 e. The number of fused-ring (bicyclic) bond motifs is 1. The number of aliphatic hydroxyl groups is 1. The lowest BCUT2D eigenvalue weighted by atomic mass is 9.77. The Balaban J connectivity index is 1.89. The Morgan fingerprint density at radius 1 is 1.30 bits per heavy atom. The van der Waals surface area contributed by atoms with Crippen molar-refractivity contribution in [3.05, 3.63) is 46.2 Å². The van der Waals surface area contributed by atoms with Gasteiger partial charge in [-0.15, -0.1) is 0 Å². The SMILES string of the molecule is CCC1(CO)CCN(C(=O)c2cc(=O)[nH]c3ccccc23)CC1. The van der Waals surface area contributed by atoms with Crippen LogP contribution in [0.4, 0.5) is 0 Å². The van der Waals surface area contributed by atoms with Gasteiger partial charge in [0, 0.05) is 36.7 Å². The molecule has 2 N–H and O–H groups in total. The highest BCUT2D eigenvalue weighted by Crippen LogP contribution is 2.34. The average molecular weight is 314 g/mol. The summed E-state index contributed by atoms with van der Waals surface area (Å²) in [4.78, 5) is 29.2. The number of benzene rings is 1. The second kappa shape index (κ2) is 6.16. The van der Waals surface area contributed by atoms with Crippen molar-refractivity contribution in [3.63, 3.8) is 0 Å². The van der Waals surface area contributed by atoms with Gasteiger partial charge in [-0.25, -0.2) is 0 Å². The molecule has 0 atom stereocenters. The molecule has 0 spiro atoms. The molecule has 0 bridgehead atoms. The van der Waals surface area contributed by atoms with Crippen LogP contribution in [0, 0.1) is 5.41 Å². The Kier molecular flexibility index (Phi) is 4.22. The van der Waals surface area contributed by atoms with Crippen LogP contribution < -0.4 is 5.56 Å². The number of H-pyrrole nitrogens is 1. The van der Waals surface area contributed by atoms with Gasteiger partial charge in [-0.1, -0.05) is 25.1 Å². The van der Waals surface area contributed by atoms with Gasteiger partial charge in [0.25, 0.3) is 5.91 Å².